The summed E-state index contributed by atoms with van der Waals surface area (Å²) in [5.74, 6) is 2.64. The number of rotatable bonds is 5. The zero-order valence-corrected chi connectivity index (χ0v) is 19.2. The van der Waals surface area contributed by atoms with Gasteiger partial charge in [-0.25, -0.2) is 10.1 Å². The normalized spacial score (nSPS) is 15.7. The summed E-state index contributed by atoms with van der Waals surface area (Å²) in [4.78, 5) is 7.20. The molecule has 8 heteroatoms. The van der Waals surface area contributed by atoms with Gasteiger partial charge in [0.1, 0.15) is 5.75 Å². The number of hydrazine groups is 1. The van der Waals surface area contributed by atoms with E-state index in [4.69, 9.17) is 20.2 Å². The Bertz CT molecular complexity index is 1170. The average Bonchev–Trinajstić information content (AvgIpc) is 3.53. The van der Waals surface area contributed by atoms with Crippen LogP contribution in [-0.2, 0) is 0 Å². The van der Waals surface area contributed by atoms with Crippen molar-refractivity contribution >= 4 is 39.8 Å². The topological polar surface area (TPSA) is 55.1 Å². The van der Waals surface area contributed by atoms with Gasteiger partial charge in [-0.2, -0.15) is 0 Å². The Kier molecular flexibility index (Phi) is 5.33. The van der Waals surface area contributed by atoms with Gasteiger partial charge in [0.25, 0.3) is 0 Å². The Morgan fingerprint density at radius 1 is 1.10 bits per heavy atom. The van der Waals surface area contributed by atoms with Gasteiger partial charge in [0.15, 0.2) is 0 Å². The molecule has 0 atom stereocenters. The van der Waals surface area contributed by atoms with Gasteiger partial charge in [-0.1, -0.05) is 47.7 Å². The summed E-state index contributed by atoms with van der Waals surface area (Å²) in [7, 11) is 1.68. The number of methoxy groups -OCH3 is 1. The van der Waals surface area contributed by atoms with Gasteiger partial charge in [-0.3, -0.25) is 5.12 Å². The Labute approximate surface area is 190 Å². The average molecular weight is 449 g/mol. The Balaban J connectivity index is 1.55. The number of benzene rings is 2. The van der Waals surface area contributed by atoms with Crippen LogP contribution in [0.15, 0.2) is 64.6 Å². The minimum absolute atomic E-state index is 0.727. The van der Waals surface area contributed by atoms with Crippen molar-refractivity contribution in [2.24, 2.45) is 5.10 Å². The molecule has 5 rings (SSSR count). The van der Waals surface area contributed by atoms with Crippen LogP contribution in [-0.4, -0.2) is 23.7 Å². The number of hydrazone groups is 1. The molecule has 0 N–H and O–H groups in total. The first-order chi connectivity index (χ1) is 15.1. The summed E-state index contributed by atoms with van der Waals surface area (Å²) in [6.07, 6.45) is 3.25. The summed E-state index contributed by atoms with van der Waals surface area (Å²) in [6.45, 7) is 4.12. The number of aryl methyl sites for hydroxylation is 2. The lowest BCUT2D eigenvalue weighted by atomic mass is 10.1. The highest BCUT2D eigenvalue weighted by atomic mass is 32.2. The third kappa shape index (κ3) is 3.77. The van der Waals surface area contributed by atoms with Crippen LogP contribution in [0.2, 0.25) is 0 Å². The van der Waals surface area contributed by atoms with Crippen LogP contribution in [0.5, 0.6) is 5.75 Å². The molecule has 2 aromatic carbocycles. The van der Waals surface area contributed by atoms with Gasteiger partial charge >= 0.3 is 0 Å². The van der Waals surface area contributed by atoms with Crippen molar-refractivity contribution < 1.29 is 4.74 Å². The van der Waals surface area contributed by atoms with Crippen LogP contribution in [0.3, 0.4) is 0 Å². The molecule has 0 bridgehead atoms. The summed E-state index contributed by atoms with van der Waals surface area (Å²) < 4.78 is 5.43. The highest BCUT2D eigenvalue weighted by Crippen LogP contribution is 2.40. The predicted molar refractivity (Wildman–Crippen MR) is 131 cm³/mol. The number of allylic oxidation sites excluding steroid dienone is 1. The number of thiazole rings is 1. The maximum atomic E-state index is 5.43. The number of ether oxygens (including phenoxy) is 1. The first kappa shape index (κ1) is 20.0. The zero-order chi connectivity index (χ0) is 21.4. The smallest absolute Gasteiger partial charge is 0.209 e. The molecule has 158 valence electrons. The Hall–Kier alpha value is -2.97. The van der Waals surface area contributed by atoms with Crippen molar-refractivity contribution in [3.63, 3.8) is 0 Å². The molecule has 0 fully saturated rings. The molecular weight excluding hydrogens is 426 g/mol. The number of amidine groups is 1. The van der Waals surface area contributed by atoms with Gasteiger partial charge in [0, 0.05) is 21.1 Å². The van der Waals surface area contributed by atoms with E-state index in [-0.39, 0.29) is 0 Å². The molecule has 0 amide bonds. The van der Waals surface area contributed by atoms with Crippen molar-refractivity contribution in [1.29, 1.82) is 0 Å². The second-order valence-corrected chi connectivity index (χ2v) is 9.55. The van der Waals surface area contributed by atoms with Gasteiger partial charge < -0.3 is 15.3 Å². The molecule has 31 heavy (non-hydrogen) atoms. The van der Waals surface area contributed by atoms with E-state index in [0.717, 1.165) is 61.2 Å². The highest BCUT2D eigenvalue weighted by Gasteiger charge is 2.24. The lowest BCUT2D eigenvalue weighted by molar-refractivity contribution is 0.411. The van der Waals surface area contributed by atoms with E-state index in [9.17, 15) is 0 Å². The lowest BCUT2D eigenvalue weighted by Crippen LogP contribution is -2.31. The lowest BCUT2D eigenvalue weighted by Gasteiger charge is -2.34. The van der Waals surface area contributed by atoms with E-state index >= 15 is 0 Å². The van der Waals surface area contributed by atoms with Crippen molar-refractivity contribution in [2.45, 2.75) is 20.3 Å². The molecule has 0 radical (unpaired) electrons. The number of thioether (sulfide) groups is 1. The zero-order valence-electron chi connectivity index (χ0n) is 17.6. The molecule has 3 aromatic rings. The summed E-state index contributed by atoms with van der Waals surface area (Å²) in [5.41, 5.74) is 8.88. The second-order valence-electron chi connectivity index (χ2n) is 7.23. The maximum absolute atomic E-state index is 5.43. The summed E-state index contributed by atoms with van der Waals surface area (Å²) in [6, 6.07) is 16.3. The number of hydrogen-bond acceptors (Lipinski definition) is 7. The minimum Gasteiger partial charge on any atom is -0.496 e. The molecule has 0 aliphatic carbocycles. The van der Waals surface area contributed by atoms with E-state index < -0.39 is 0 Å². The number of aromatic nitrogens is 1. The molecule has 3 heterocycles. The van der Waals surface area contributed by atoms with Gasteiger partial charge in [0.2, 0.25) is 5.13 Å². The van der Waals surface area contributed by atoms with Gasteiger partial charge in [0.05, 0.1) is 18.5 Å². The first-order valence-electron chi connectivity index (χ1n) is 10.1. The van der Waals surface area contributed by atoms with Gasteiger partial charge in [-0.05, 0) is 49.9 Å². The Morgan fingerprint density at radius 3 is 2.65 bits per heavy atom. The largest absolute Gasteiger partial charge is 0.496 e. The highest BCUT2D eigenvalue weighted by molar-refractivity contribution is 8.04. The standard InChI is InChI=1S/C23H22N5OS2/c1-15-14-18(11-12-19(15)29-3)27-25-22(20-10-7-13-30-20)26-28(27)23-24-21(16(2)31-23)17-8-5-4-6-9-17/h4-6,8-12,14H,7,13H2,1-3H3/q-1. The van der Waals surface area contributed by atoms with Crippen molar-refractivity contribution in [3.8, 4) is 17.0 Å². The fourth-order valence-corrected chi connectivity index (χ4v) is 5.34. The van der Waals surface area contributed by atoms with Crippen LogP contribution in [0.4, 0.5) is 10.8 Å². The molecule has 1 aromatic heterocycles. The third-order valence-electron chi connectivity index (χ3n) is 5.10. The molecule has 0 spiro atoms. The number of anilines is 2. The SMILES string of the molecule is COc1ccc(N2[N-]C(C3=CCCS3)=NN2c2nc(-c3ccccc3)c(C)s2)cc1C. The van der Waals surface area contributed by atoms with Crippen molar-refractivity contribution in [2.75, 3.05) is 23.1 Å². The van der Waals surface area contributed by atoms with E-state index in [1.54, 1.807) is 35.3 Å². The fourth-order valence-electron chi connectivity index (χ4n) is 3.57. The molecule has 2 aliphatic rings. The molecule has 2 aliphatic heterocycles. The number of hydrogen-bond donors (Lipinski definition) is 0. The van der Waals surface area contributed by atoms with E-state index in [1.165, 1.54) is 0 Å². The molecule has 0 saturated carbocycles. The van der Waals surface area contributed by atoms with Crippen LogP contribution in [0.25, 0.3) is 16.7 Å². The Morgan fingerprint density at radius 2 is 1.94 bits per heavy atom. The minimum atomic E-state index is 0.727. The van der Waals surface area contributed by atoms with E-state index in [0.29, 0.717) is 0 Å². The summed E-state index contributed by atoms with van der Waals surface area (Å²) >= 11 is 3.41. The quantitative estimate of drug-likeness (QED) is 0.458. The van der Waals surface area contributed by atoms with E-state index in [2.05, 4.69) is 31.2 Å². The predicted octanol–water partition coefficient (Wildman–Crippen LogP) is 6.30. The molecule has 0 unspecified atom stereocenters. The van der Waals surface area contributed by atoms with Crippen LogP contribution >= 0.6 is 23.1 Å². The molecule has 6 nitrogen and oxygen atoms in total. The van der Waals surface area contributed by atoms with Crippen molar-refractivity contribution in [1.82, 2.24) is 4.98 Å². The van der Waals surface area contributed by atoms with Gasteiger partial charge in [-0.15, -0.1) is 11.8 Å². The number of nitrogens with zero attached hydrogens (tertiary/aromatic N) is 5. The van der Waals surface area contributed by atoms with Crippen LogP contribution < -0.4 is 15.0 Å². The van der Waals surface area contributed by atoms with Crippen LogP contribution in [0.1, 0.15) is 16.9 Å². The molecular formula is C23H22N5OS2-. The first-order valence-corrected chi connectivity index (χ1v) is 11.9. The molecule has 0 saturated heterocycles. The third-order valence-corrected chi connectivity index (χ3v) is 7.13. The monoisotopic (exact) mass is 448 g/mol. The summed E-state index contributed by atoms with van der Waals surface area (Å²) in [5, 5.41) is 9.27. The van der Waals surface area contributed by atoms with Crippen molar-refractivity contribution in [3.05, 3.63) is 75.4 Å². The fraction of sp³-hybridized carbons (Fsp3) is 0.217. The van der Waals surface area contributed by atoms with Crippen LogP contribution in [0, 0.1) is 13.8 Å². The second kappa shape index (κ2) is 8.28. The van der Waals surface area contributed by atoms with E-state index in [1.807, 2.05) is 42.4 Å². The maximum Gasteiger partial charge on any atom is 0.209 e.